The molecule has 1 aliphatic rings. The third-order valence-electron chi connectivity index (χ3n) is 1.66. The molecule has 0 aliphatic carbocycles. The fourth-order valence-corrected chi connectivity index (χ4v) is 7.53. The maximum Gasteiger partial charge on any atom is 0.141 e. The second-order valence-electron chi connectivity index (χ2n) is 2.50. The van der Waals surface area contributed by atoms with Gasteiger partial charge in [0.15, 0.2) is 0 Å². The Labute approximate surface area is 77.3 Å². The summed E-state index contributed by atoms with van der Waals surface area (Å²) in [6, 6.07) is 0. The Bertz CT molecular complexity index is 194. The van der Waals surface area contributed by atoms with Gasteiger partial charge in [-0.3, -0.25) is 0 Å². The number of rotatable bonds is 0. The van der Waals surface area contributed by atoms with Crippen LogP contribution in [0, 0.1) is 18.3 Å². The maximum atomic E-state index is 11.1. The van der Waals surface area contributed by atoms with Crippen LogP contribution in [0.25, 0.3) is 0 Å². The minimum absolute atomic E-state index is 0.266. The summed E-state index contributed by atoms with van der Waals surface area (Å²) in [7, 11) is 2.16. The zero-order valence-corrected chi connectivity index (χ0v) is 8.89. The Morgan fingerprint density at radius 3 is 2.18 bits per heavy atom. The van der Waals surface area contributed by atoms with E-state index in [9.17, 15) is 4.21 Å². The lowest BCUT2D eigenvalue weighted by Gasteiger charge is -2.28. The lowest BCUT2D eigenvalue weighted by molar-refractivity contribution is 0.657. The van der Waals surface area contributed by atoms with Crippen molar-refractivity contribution in [1.29, 1.82) is 0 Å². The second-order valence-corrected chi connectivity index (χ2v) is 8.38. The van der Waals surface area contributed by atoms with E-state index in [1.54, 1.807) is 0 Å². The largest absolute Gasteiger partial charge is 0.236 e. The first kappa shape index (κ1) is 9.50. The molecule has 0 spiro atoms. The second kappa shape index (κ2) is 3.88. The van der Waals surface area contributed by atoms with Crippen LogP contribution >= 0.6 is 21.6 Å². The Balaban J connectivity index is 2.68. The van der Waals surface area contributed by atoms with Crippen LogP contribution in [0.1, 0.15) is 13.8 Å². The molecule has 4 heteroatoms. The molecule has 0 saturated carbocycles. The standard InChI is InChI=1S/C7H10OS3/c1-4-7-5(2)9-11(8)10-6(7)3/h1,5-7H,2-3H3. The van der Waals surface area contributed by atoms with E-state index in [1.165, 1.54) is 21.6 Å². The van der Waals surface area contributed by atoms with Gasteiger partial charge in [-0.25, -0.2) is 4.21 Å². The van der Waals surface area contributed by atoms with E-state index < -0.39 is 8.86 Å². The van der Waals surface area contributed by atoms with Gasteiger partial charge < -0.3 is 0 Å². The van der Waals surface area contributed by atoms with Gasteiger partial charge in [0.2, 0.25) is 0 Å². The van der Waals surface area contributed by atoms with Crippen LogP contribution in [0.3, 0.4) is 0 Å². The summed E-state index contributed by atoms with van der Waals surface area (Å²) in [6.07, 6.45) is 5.35. The molecule has 62 valence electrons. The van der Waals surface area contributed by atoms with Gasteiger partial charge in [0.05, 0.1) is 0 Å². The van der Waals surface area contributed by atoms with Crippen molar-refractivity contribution >= 4 is 30.5 Å². The first-order chi connectivity index (χ1) is 5.15. The topological polar surface area (TPSA) is 17.1 Å². The van der Waals surface area contributed by atoms with Gasteiger partial charge in [-0.1, -0.05) is 13.8 Å². The summed E-state index contributed by atoms with van der Waals surface area (Å²) >= 11 is 0. The Kier molecular flexibility index (Phi) is 3.35. The average molecular weight is 206 g/mol. The molecule has 1 nitrogen and oxygen atoms in total. The Hall–Kier alpha value is 0.410. The van der Waals surface area contributed by atoms with Crippen molar-refractivity contribution in [1.82, 2.24) is 0 Å². The molecule has 0 aromatic rings. The monoisotopic (exact) mass is 206 g/mol. The molecular formula is C7H10OS3. The van der Waals surface area contributed by atoms with Crippen LogP contribution in [0.15, 0.2) is 0 Å². The van der Waals surface area contributed by atoms with E-state index in [4.69, 9.17) is 6.42 Å². The number of terminal acetylenes is 1. The molecule has 0 amide bonds. The van der Waals surface area contributed by atoms with E-state index in [2.05, 4.69) is 5.92 Å². The zero-order valence-electron chi connectivity index (χ0n) is 6.44. The molecule has 0 N–H and O–H groups in total. The quantitative estimate of drug-likeness (QED) is 0.446. The predicted molar refractivity (Wildman–Crippen MR) is 54.6 cm³/mol. The molecule has 1 saturated heterocycles. The van der Waals surface area contributed by atoms with Crippen LogP contribution < -0.4 is 0 Å². The van der Waals surface area contributed by atoms with Crippen molar-refractivity contribution in [2.45, 2.75) is 24.3 Å². The molecule has 1 rings (SSSR count). The van der Waals surface area contributed by atoms with E-state index in [1.807, 2.05) is 13.8 Å². The molecule has 2 unspecified atom stereocenters. The van der Waals surface area contributed by atoms with Gasteiger partial charge in [-0.2, -0.15) is 0 Å². The molecule has 2 atom stereocenters. The Morgan fingerprint density at radius 2 is 1.82 bits per heavy atom. The fourth-order valence-electron chi connectivity index (χ4n) is 1.04. The van der Waals surface area contributed by atoms with Crippen LogP contribution in [-0.2, 0) is 8.86 Å². The minimum Gasteiger partial charge on any atom is -0.236 e. The van der Waals surface area contributed by atoms with Crippen molar-refractivity contribution < 1.29 is 4.21 Å². The smallest absolute Gasteiger partial charge is 0.141 e. The van der Waals surface area contributed by atoms with Crippen molar-refractivity contribution in [2.24, 2.45) is 5.92 Å². The van der Waals surface area contributed by atoms with Gasteiger partial charge in [0.25, 0.3) is 0 Å². The minimum atomic E-state index is -0.785. The van der Waals surface area contributed by atoms with E-state index in [-0.39, 0.29) is 5.92 Å². The van der Waals surface area contributed by atoms with Crippen molar-refractivity contribution in [3.8, 4) is 12.3 Å². The molecule has 11 heavy (non-hydrogen) atoms. The normalized spacial score (nSPS) is 44.8. The molecule has 0 radical (unpaired) electrons. The predicted octanol–water partition coefficient (Wildman–Crippen LogP) is 2.07. The van der Waals surface area contributed by atoms with Crippen molar-refractivity contribution in [3.63, 3.8) is 0 Å². The molecule has 1 fully saturated rings. The Morgan fingerprint density at radius 1 is 1.36 bits per heavy atom. The average Bonchev–Trinajstić information content (AvgIpc) is 1.85. The van der Waals surface area contributed by atoms with E-state index >= 15 is 0 Å². The molecule has 0 bridgehead atoms. The lowest BCUT2D eigenvalue weighted by atomic mass is 10.0. The first-order valence-corrected chi connectivity index (χ1v) is 7.31. The summed E-state index contributed by atoms with van der Waals surface area (Å²) in [5, 5.41) is 0.661. The summed E-state index contributed by atoms with van der Waals surface area (Å²) in [5.74, 6) is 3.01. The third-order valence-corrected chi connectivity index (χ3v) is 7.35. The molecular weight excluding hydrogens is 196 g/mol. The van der Waals surface area contributed by atoms with Crippen LogP contribution in [0.5, 0.6) is 0 Å². The summed E-state index contributed by atoms with van der Waals surface area (Å²) in [5.41, 5.74) is 0. The molecule has 0 aromatic heterocycles. The zero-order chi connectivity index (χ0) is 8.43. The van der Waals surface area contributed by atoms with Gasteiger partial charge in [0, 0.05) is 16.4 Å². The summed E-state index contributed by atoms with van der Waals surface area (Å²) in [4.78, 5) is 0. The summed E-state index contributed by atoms with van der Waals surface area (Å²) < 4.78 is 11.1. The molecule has 1 aliphatic heterocycles. The first-order valence-electron chi connectivity index (χ1n) is 3.37. The number of hydrogen-bond acceptors (Lipinski definition) is 3. The molecule has 0 aromatic carbocycles. The highest BCUT2D eigenvalue weighted by Crippen LogP contribution is 2.41. The highest BCUT2D eigenvalue weighted by Gasteiger charge is 2.31. The van der Waals surface area contributed by atoms with Crippen LogP contribution in [0.2, 0.25) is 0 Å². The molecule has 1 heterocycles. The van der Waals surface area contributed by atoms with Gasteiger partial charge >= 0.3 is 0 Å². The van der Waals surface area contributed by atoms with Gasteiger partial charge in [-0.15, -0.1) is 12.3 Å². The van der Waals surface area contributed by atoms with E-state index in [0.717, 1.165) is 0 Å². The fraction of sp³-hybridized carbons (Fsp3) is 0.714. The van der Waals surface area contributed by atoms with Crippen LogP contribution in [0.4, 0.5) is 0 Å². The van der Waals surface area contributed by atoms with Crippen molar-refractivity contribution in [3.05, 3.63) is 0 Å². The lowest BCUT2D eigenvalue weighted by Crippen LogP contribution is -2.26. The highest BCUT2D eigenvalue weighted by atomic mass is 33.5. The SMILES string of the molecule is C#CC1C(C)SS(=O)SC1C. The van der Waals surface area contributed by atoms with E-state index in [0.29, 0.717) is 10.5 Å². The van der Waals surface area contributed by atoms with Gasteiger partial charge in [-0.05, 0) is 21.6 Å². The third kappa shape index (κ3) is 2.17. The van der Waals surface area contributed by atoms with Crippen molar-refractivity contribution in [2.75, 3.05) is 0 Å². The highest BCUT2D eigenvalue weighted by molar-refractivity contribution is 9.02. The van der Waals surface area contributed by atoms with Gasteiger partial charge in [0.1, 0.15) is 8.86 Å². The summed E-state index contributed by atoms with van der Waals surface area (Å²) in [6.45, 7) is 4.09. The number of hydrogen-bond donors (Lipinski definition) is 0. The van der Waals surface area contributed by atoms with Crippen LogP contribution in [-0.4, -0.2) is 14.7 Å². The maximum absolute atomic E-state index is 11.1.